The van der Waals surface area contributed by atoms with Gasteiger partial charge in [-0.05, 0) is 53.3 Å². The second kappa shape index (κ2) is 5.35. The van der Waals surface area contributed by atoms with Crippen LogP contribution in [0.2, 0.25) is 0 Å². The SMILES string of the molecule is Cc1cccc(I)c1C(=O)NCc1ccco1. The van der Waals surface area contributed by atoms with Gasteiger partial charge in [0.05, 0.1) is 18.4 Å². The van der Waals surface area contributed by atoms with E-state index in [0.717, 1.165) is 20.5 Å². The summed E-state index contributed by atoms with van der Waals surface area (Å²) in [5.74, 6) is 0.686. The molecule has 0 radical (unpaired) electrons. The summed E-state index contributed by atoms with van der Waals surface area (Å²) in [7, 11) is 0. The van der Waals surface area contributed by atoms with Gasteiger partial charge in [-0.15, -0.1) is 0 Å². The van der Waals surface area contributed by atoms with E-state index >= 15 is 0 Å². The van der Waals surface area contributed by atoms with E-state index in [4.69, 9.17) is 4.42 Å². The Labute approximate surface area is 113 Å². The first kappa shape index (κ1) is 12.2. The third-order valence-corrected chi connectivity index (χ3v) is 3.35. The van der Waals surface area contributed by atoms with Crippen LogP contribution in [0.4, 0.5) is 0 Å². The van der Waals surface area contributed by atoms with E-state index in [1.807, 2.05) is 31.2 Å². The molecule has 0 spiro atoms. The number of hydrogen-bond acceptors (Lipinski definition) is 2. The molecule has 0 bridgehead atoms. The summed E-state index contributed by atoms with van der Waals surface area (Å²) in [6.07, 6.45) is 1.60. The molecule has 0 saturated heterocycles. The van der Waals surface area contributed by atoms with Crippen molar-refractivity contribution >= 4 is 28.5 Å². The highest BCUT2D eigenvalue weighted by Gasteiger charge is 2.12. The molecular formula is C13H12INO2. The number of carbonyl (C=O) groups is 1. The number of amides is 1. The fourth-order valence-corrected chi connectivity index (χ4v) is 2.47. The van der Waals surface area contributed by atoms with Gasteiger partial charge in [-0.3, -0.25) is 4.79 Å². The summed E-state index contributed by atoms with van der Waals surface area (Å²) in [5.41, 5.74) is 1.72. The lowest BCUT2D eigenvalue weighted by Gasteiger charge is -2.08. The lowest BCUT2D eigenvalue weighted by atomic mass is 10.1. The molecule has 0 aliphatic rings. The van der Waals surface area contributed by atoms with Crippen LogP contribution >= 0.6 is 22.6 Å². The smallest absolute Gasteiger partial charge is 0.253 e. The van der Waals surface area contributed by atoms with E-state index in [1.165, 1.54) is 0 Å². The molecule has 1 aromatic heterocycles. The maximum Gasteiger partial charge on any atom is 0.253 e. The summed E-state index contributed by atoms with van der Waals surface area (Å²) >= 11 is 2.17. The zero-order chi connectivity index (χ0) is 12.3. The van der Waals surface area contributed by atoms with Crippen molar-refractivity contribution in [2.75, 3.05) is 0 Å². The quantitative estimate of drug-likeness (QED) is 0.872. The van der Waals surface area contributed by atoms with Crippen molar-refractivity contribution in [2.24, 2.45) is 0 Å². The van der Waals surface area contributed by atoms with E-state index in [1.54, 1.807) is 12.3 Å². The van der Waals surface area contributed by atoms with Crippen LogP contribution in [-0.2, 0) is 6.54 Å². The standard InChI is InChI=1S/C13H12INO2/c1-9-4-2-6-11(14)12(9)13(16)15-8-10-5-3-7-17-10/h2-7H,8H2,1H3,(H,15,16). The van der Waals surface area contributed by atoms with Gasteiger partial charge in [-0.2, -0.15) is 0 Å². The largest absolute Gasteiger partial charge is 0.467 e. The molecule has 0 aliphatic carbocycles. The highest BCUT2D eigenvalue weighted by molar-refractivity contribution is 14.1. The summed E-state index contributed by atoms with van der Waals surface area (Å²) in [5, 5.41) is 2.85. The van der Waals surface area contributed by atoms with Gasteiger partial charge in [0.1, 0.15) is 5.76 Å². The van der Waals surface area contributed by atoms with Crippen LogP contribution in [0.25, 0.3) is 0 Å². The predicted octanol–water partition coefficient (Wildman–Crippen LogP) is 3.12. The van der Waals surface area contributed by atoms with Crippen molar-refractivity contribution < 1.29 is 9.21 Å². The van der Waals surface area contributed by atoms with Crippen molar-refractivity contribution in [3.8, 4) is 0 Å². The first-order valence-corrected chi connectivity index (χ1v) is 6.32. The van der Waals surface area contributed by atoms with Crippen LogP contribution in [0.5, 0.6) is 0 Å². The van der Waals surface area contributed by atoms with Gasteiger partial charge in [0.15, 0.2) is 0 Å². The van der Waals surface area contributed by atoms with Gasteiger partial charge >= 0.3 is 0 Å². The van der Waals surface area contributed by atoms with E-state index in [-0.39, 0.29) is 5.91 Å². The first-order valence-electron chi connectivity index (χ1n) is 5.24. The molecule has 0 fully saturated rings. The molecule has 1 N–H and O–H groups in total. The van der Waals surface area contributed by atoms with Crippen LogP contribution in [0.3, 0.4) is 0 Å². The number of halogens is 1. The number of nitrogens with one attached hydrogen (secondary N) is 1. The Bertz CT molecular complexity index is 500. The molecule has 2 aromatic rings. The number of aryl methyl sites for hydroxylation is 1. The normalized spacial score (nSPS) is 10.2. The number of hydrogen-bond donors (Lipinski definition) is 1. The summed E-state index contributed by atoms with van der Waals surface area (Å²) < 4.78 is 6.12. The highest BCUT2D eigenvalue weighted by Crippen LogP contribution is 2.16. The van der Waals surface area contributed by atoms with Gasteiger partial charge in [0.25, 0.3) is 5.91 Å². The molecule has 2 rings (SSSR count). The topological polar surface area (TPSA) is 42.2 Å². The number of rotatable bonds is 3. The molecule has 4 heteroatoms. The number of benzene rings is 1. The lowest BCUT2D eigenvalue weighted by molar-refractivity contribution is 0.0946. The fourth-order valence-electron chi connectivity index (χ4n) is 1.59. The summed E-state index contributed by atoms with van der Waals surface area (Å²) in [6, 6.07) is 9.45. The molecular weight excluding hydrogens is 329 g/mol. The fraction of sp³-hybridized carbons (Fsp3) is 0.154. The summed E-state index contributed by atoms with van der Waals surface area (Å²) in [6.45, 7) is 2.35. The van der Waals surface area contributed by atoms with Gasteiger partial charge in [-0.25, -0.2) is 0 Å². The van der Waals surface area contributed by atoms with Gasteiger partial charge in [0, 0.05) is 3.57 Å². The molecule has 88 valence electrons. The molecule has 0 saturated carbocycles. The maximum absolute atomic E-state index is 12.0. The third-order valence-electron chi connectivity index (χ3n) is 2.45. The summed E-state index contributed by atoms with van der Waals surface area (Å²) in [4.78, 5) is 12.0. The second-order valence-corrected chi connectivity index (χ2v) is 4.86. The molecule has 1 heterocycles. The van der Waals surface area contributed by atoms with Crippen LogP contribution in [-0.4, -0.2) is 5.91 Å². The maximum atomic E-state index is 12.0. The molecule has 0 aliphatic heterocycles. The Morgan fingerprint density at radius 3 is 2.82 bits per heavy atom. The monoisotopic (exact) mass is 341 g/mol. The molecule has 0 unspecified atom stereocenters. The minimum atomic E-state index is -0.0658. The first-order chi connectivity index (χ1) is 8.18. The van der Waals surface area contributed by atoms with E-state index < -0.39 is 0 Å². The van der Waals surface area contributed by atoms with Crippen molar-refractivity contribution in [3.05, 3.63) is 57.1 Å². The van der Waals surface area contributed by atoms with Crippen LogP contribution in [0.1, 0.15) is 21.7 Å². The van der Waals surface area contributed by atoms with Crippen LogP contribution < -0.4 is 5.32 Å². The van der Waals surface area contributed by atoms with Gasteiger partial charge in [-0.1, -0.05) is 12.1 Å². The Kier molecular flexibility index (Phi) is 3.83. The lowest BCUT2D eigenvalue weighted by Crippen LogP contribution is -2.24. The minimum Gasteiger partial charge on any atom is -0.467 e. The zero-order valence-corrected chi connectivity index (χ0v) is 11.5. The molecule has 17 heavy (non-hydrogen) atoms. The minimum absolute atomic E-state index is 0.0658. The van der Waals surface area contributed by atoms with Crippen molar-refractivity contribution in [2.45, 2.75) is 13.5 Å². The molecule has 1 amide bonds. The Balaban J connectivity index is 2.10. The van der Waals surface area contributed by atoms with E-state index in [2.05, 4.69) is 27.9 Å². The molecule has 1 aromatic carbocycles. The van der Waals surface area contributed by atoms with Crippen LogP contribution in [0, 0.1) is 10.5 Å². The Hall–Kier alpha value is -1.30. The molecule has 3 nitrogen and oxygen atoms in total. The highest BCUT2D eigenvalue weighted by atomic mass is 127. The van der Waals surface area contributed by atoms with Crippen molar-refractivity contribution in [1.82, 2.24) is 5.32 Å². The predicted molar refractivity (Wildman–Crippen MR) is 73.8 cm³/mol. The molecule has 0 atom stereocenters. The Morgan fingerprint density at radius 2 is 2.18 bits per heavy atom. The Morgan fingerprint density at radius 1 is 1.35 bits per heavy atom. The van der Waals surface area contributed by atoms with Crippen molar-refractivity contribution in [3.63, 3.8) is 0 Å². The average molecular weight is 341 g/mol. The van der Waals surface area contributed by atoms with Gasteiger partial charge in [0.2, 0.25) is 0 Å². The number of carbonyl (C=O) groups excluding carboxylic acids is 1. The third kappa shape index (κ3) is 2.88. The van der Waals surface area contributed by atoms with E-state index in [0.29, 0.717) is 6.54 Å². The van der Waals surface area contributed by atoms with Crippen molar-refractivity contribution in [1.29, 1.82) is 0 Å². The second-order valence-electron chi connectivity index (χ2n) is 3.69. The number of furan rings is 1. The van der Waals surface area contributed by atoms with Gasteiger partial charge < -0.3 is 9.73 Å². The zero-order valence-electron chi connectivity index (χ0n) is 9.37. The van der Waals surface area contributed by atoms with Crippen LogP contribution in [0.15, 0.2) is 41.0 Å². The van der Waals surface area contributed by atoms with E-state index in [9.17, 15) is 4.79 Å². The average Bonchev–Trinajstić information content (AvgIpc) is 2.79.